The van der Waals surface area contributed by atoms with Crippen LogP contribution >= 0.6 is 0 Å². The summed E-state index contributed by atoms with van der Waals surface area (Å²) in [5.41, 5.74) is 2.20. The SMILES string of the molecule is Cc1c(O[C@H](C)c2ccccc2)ccc2c1oc(=O)c1ccccc12. The first-order valence-electron chi connectivity index (χ1n) is 8.32. The Hall–Kier alpha value is -3.07. The Kier molecular flexibility index (Phi) is 3.77. The molecule has 0 radical (unpaired) electrons. The molecular formula is C22H18O3. The second-order valence-corrected chi connectivity index (χ2v) is 6.17. The maximum absolute atomic E-state index is 12.3. The number of benzene rings is 3. The quantitative estimate of drug-likeness (QED) is 0.373. The van der Waals surface area contributed by atoms with Crippen molar-refractivity contribution in [1.82, 2.24) is 0 Å². The molecule has 1 atom stereocenters. The van der Waals surface area contributed by atoms with Gasteiger partial charge in [-0.25, -0.2) is 4.79 Å². The van der Waals surface area contributed by atoms with Gasteiger partial charge < -0.3 is 9.15 Å². The molecule has 0 unspecified atom stereocenters. The van der Waals surface area contributed by atoms with Gasteiger partial charge in [-0.15, -0.1) is 0 Å². The highest BCUT2D eigenvalue weighted by molar-refractivity contribution is 6.05. The van der Waals surface area contributed by atoms with E-state index in [1.165, 1.54) is 0 Å². The molecule has 4 rings (SSSR count). The first-order valence-corrected chi connectivity index (χ1v) is 8.32. The number of fused-ring (bicyclic) bond motifs is 3. The van der Waals surface area contributed by atoms with Crippen LogP contribution in [0.5, 0.6) is 5.75 Å². The maximum Gasteiger partial charge on any atom is 0.344 e. The van der Waals surface area contributed by atoms with Gasteiger partial charge in [-0.05, 0) is 43.0 Å². The van der Waals surface area contributed by atoms with Crippen LogP contribution in [0.3, 0.4) is 0 Å². The lowest BCUT2D eigenvalue weighted by molar-refractivity contribution is 0.225. The zero-order valence-corrected chi connectivity index (χ0v) is 14.2. The summed E-state index contributed by atoms with van der Waals surface area (Å²) in [7, 11) is 0. The van der Waals surface area contributed by atoms with Gasteiger partial charge in [0.2, 0.25) is 0 Å². The molecule has 0 aliphatic heterocycles. The Balaban J connectivity index is 1.83. The van der Waals surface area contributed by atoms with E-state index in [1.807, 2.05) is 74.5 Å². The molecule has 1 heterocycles. The molecule has 0 amide bonds. The summed E-state index contributed by atoms with van der Waals surface area (Å²) in [4.78, 5) is 12.3. The highest BCUT2D eigenvalue weighted by Crippen LogP contribution is 2.33. The first-order chi connectivity index (χ1) is 12.1. The van der Waals surface area contributed by atoms with Crippen molar-refractivity contribution < 1.29 is 9.15 Å². The van der Waals surface area contributed by atoms with E-state index in [2.05, 4.69) is 0 Å². The minimum Gasteiger partial charge on any atom is -0.486 e. The van der Waals surface area contributed by atoms with Crippen LogP contribution in [0.1, 0.15) is 24.2 Å². The first kappa shape index (κ1) is 15.5. The molecule has 0 N–H and O–H groups in total. The second kappa shape index (κ2) is 6.10. The Morgan fingerprint density at radius 1 is 0.840 bits per heavy atom. The molecule has 0 bridgehead atoms. The van der Waals surface area contributed by atoms with Crippen molar-refractivity contribution in [3.63, 3.8) is 0 Å². The minimum absolute atomic E-state index is 0.0930. The van der Waals surface area contributed by atoms with E-state index in [0.29, 0.717) is 11.0 Å². The van der Waals surface area contributed by atoms with Crippen molar-refractivity contribution in [1.29, 1.82) is 0 Å². The predicted molar refractivity (Wildman–Crippen MR) is 100 cm³/mol. The van der Waals surface area contributed by atoms with Crippen LogP contribution in [0, 0.1) is 6.92 Å². The molecule has 0 aliphatic carbocycles. The third kappa shape index (κ3) is 2.68. The molecule has 0 saturated heterocycles. The van der Waals surface area contributed by atoms with E-state index < -0.39 is 0 Å². The normalized spacial score (nSPS) is 12.4. The van der Waals surface area contributed by atoms with Crippen LogP contribution in [-0.2, 0) is 0 Å². The van der Waals surface area contributed by atoms with E-state index in [-0.39, 0.29) is 11.7 Å². The van der Waals surface area contributed by atoms with Crippen LogP contribution in [-0.4, -0.2) is 0 Å². The van der Waals surface area contributed by atoms with Gasteiger partial charge in [0.1, 0.15) is 17.4 Å². The van der Waals surface area contributed by atoms with Gasteiger partial charge in [0, 0.05) is 10.9 Å². The van der Waals surface area contributed by atoms with E-state index >= 15 is 0 Å². The zero-order valence-electron chi connectivity index (χ0n) is 14.2. The Morgan fingerprint density at radius 2 is 1.52 bits per heavy atom. The van der Waals surface area contributed by atoms with Gasteiger partial charge in [-0.3, -0.25) is 0 Å². The lowest BCUT2D eigenvalue weighted by atomic mass is 10.0. The van der Waals surface area contributed by atoms with Crippen LogP contribution < -0.4 is 10.4 Å². The average Bonchev–Trinajstić information content (AvgIpc) is 2.65. The minimum atomic E-state index is -0.320. The monoisotopic (exact) mass is 330 g/mol. The standard InChI is InChI=1S/C22H18O3/c1-14-20(24-15(2)16-8-4-3-5-9-16)13-12-18-17-10-6-7-11-19(17)22(23)25-21(14)18/h3-13,15H,1-2H3/t15-/m1/s1. The fraction of sp³-hybridized carbons (Fsp3) is 0.136. The Bertz CT molecular complexity index is 1110. The van der Waals surface area contributed by atoms with E-state index in [4.69, 9.17) is 9.15 Å². The van der Waals surface area contributed by atoms with Crippen molar-refractivity contribution in [3.8, 4) is 5.75 Å². The summed E-state index contributed by atoms with van der Waals surface area (Å²) in [5.74, 6) is 0.724. The molecule has 0 saturated carbocycles. The molecule has 3 heteroatoms. The van der Waals surface area contributed by atoms with Crippen molar-refractivity contribution in [2.75, 3.05) is 0 Å². The van der Waals surface area contributed by atoms with Crippen LogP contribution in [0.4, 0.5) is 0 Å². The molecule has 0 fully saturated rings. The van der Waals surface area contributed by atoms with Crippen LogP contribution in [0.2, 0.25) is 0 Å². The highest BCUT2D eigenvalue weighted by Gasteiger charge is 2.14. The second-order valence-electron chi connectivity index (χ2n) is 6.17. The molecular weight excluding hydrogens is 312 g/mol. The molecule has 25 heavy (non-hydrogen) atoms. The van der Waals surface area contributed by atoms with Gasteiger partial charge >= 0.3 is 5.63 Å². The number of hydrogen-bond acceptors (Lipinski definition) is 3. The van der Waals surface area contributed by atoms with E-state index in [0.717, 1.165) is 27.6 Å². The molecule has 3 aromatic carbocycles. The van der Waals surface area contributed by atoms with E-state index in [1.54, 1.807) is 6.07 Å². The van der Waals surface area contributed by atoms with Gasteiger partial charge in [0.25, 0.3) is 0 Å². The van der Waals surface area contributed by atoms with Gasteiger partial charge in [0.05, 0.1) is 5.39 Å². The summed E-state index contributed by atoms with van der Waals surface area (Å²) < 4.78 is 11.7. The number of rotatable bonds is 3. The summed E-state index contributed by atoms with van der Waals surface area (Å²) in [6.45, 7) is 3.93. The Morgan fingerprint density at radius 3 is 2.28 bits per heavy atom. The van der Waals surface area contributed by atoms with Gasteiger partial charge in [-0.1, -0.05) is 48.5 Å². The van der Waals surface area contributed by atoms with Gasteiger partial charge in [-0.2, -0.15) is 0 Å². The molecule has 3 nitrogen and oxygen atoms in total. The van der Waals surface area contributed by atoms with Crippen molar-refractivity contribution in [2.24, 2.45) is 0 Å². The van der Waals surface area contributed by atoms with Crippen molar-refractivity contribution >= 4 is 21.7 Å². The smallest absolute Gasteiger partial charge is 0.344 e. The lowest BCUT2D eigenvalue weighted by Crippen LogP contribution is -2.05. The topological polar surface area (TPSA) is 39.4 Å². The highest BCUT2D eigenvalue weighted by atomic mass is 16.5. The third-order valence-electron chi connectivity index (χ3n) is 4.56. The fourth-order valence-corrected chi connectivity index (χ4v) is 3.17. The molecule has 124 valence electrons. The molecule has 0 spiro atoms. The van der Waals surface area contributed by atoms with Crippen LogP contribution in [0.25, 0.3) is 21.7 Å². The number of hydrogen-bond donors (Lipinski definition) is 0. The predicted octanol–water partition coefficient (Wildman–Crippen LogP) is 5.39. The number of ether oxygens (including phenoxy) is 1. The fourth-order valence-electron chi connectivity index (χ4n) is 3.17. The zero-order chi connectivity index (χ0) is 17.4. The largest absolute Gasteiger partial charge is 0.486 e. The summed E-state index contributed by atoms with van der Waals surface area (Å²) >= 11 is 0. The molecule has 1 aromatic heterocycles. The van der Waals surface area contributed by atoms with Crippen LogP contribution in [0.15, 0.2) is 75.9 Å². The van der Waals surface area contributed by atoms with Crippen molar-refractivity contribution in [2.45, 2.75) is 20.0 Å². The summed E-state index contributed by atoms with van der Waals surface area (Å²) in [5, 5.41) is 2.42. The summed E-state index contributed by atoms with van der Waals surface area (Å²) in [6.07, 6.45) is -0.0930. The lowest BCUT2D eigenvalue weighted by Gasteiger charge is -2.17. The van der Waals surface area contributed by atoms with E-state index in [9.17, 15) is 4.79 Å². The van der Waals surface area contributed by atoms with Crippen molar-refractivity contribution in [3.05, 3.63) is 88.3 Å². The maximum atomic E-state index is 12.3. The number of aryl methyl sites for hydroxylation is 1. The average molecular weight is 330 g/mol. The third-order valence-corrected chi connectivity index (χ3v) is 4.56. The summed E-state index contributed by atoms with van der Waals surface area (Å²) in [6, 6.07) is 21.5. The Labute approximate surface area is 145 Å². The molecule has 4 aromatic rings. The molecule has 0 aliphatic rings. The van der Waals surface area contributed by atoms with Gasteiger partial charge in [0.15, 0.2) is 0 Å².